The number of Topliss-reactive ketones (excluding diaryl/α,β-unsaturated/α-hetero) is 1. The molecule has 5 N–H and O–H groups in total. The lowest BCUT2D eigenvalue weighted by Gasteiger charge is -2.32. The second-order valence-corrected chi connectivity index (χ2v) is 4.64. The van der Waals surface area contributed by atoms with Crippen molar-refractivity contribution >= 4 is 24.4 Å². The number of ketones is 1. The topological polar surface area (TPSA) is 124 Å². The zero-order valence-electron chi connectivity index (χ0n) is 10.5. The molecule has 0 aliphatic heterocycles. The fourth-order valence-corrected chi connectivity index (χ4v) is 1.97. The summed E-state index contributed by atoms with van der Waals surface area (Å²) in [4.78, 5) is 23.6. The van der Waals surface area contributed by atoms with E-state index in [1.54, 1.807) is 30.3 Å². The number of nitrogens with zero attached hydrogens (tertiary/aromatic N) is 1. The average Bonchev–Trinajstić information content (AvgIpc) is 2.43. The number of thiol groups is 1. The van der Waals surface area contributed by atoms with E-state index in [2.05, 4.69) is 12.6 Å². The molecule has 7 nitrogen and oxygen atoms in total. The van der Waals surface area contributed by atoms with Crippen LogP contribution in [0.1, 0.15) is 5.56 Å². The Morgan fingerprint density at radius 2 is 1.85 bits per heavy atom. The number of carboxylic acids is 1. The van der Waals surface area contributed by atoms with Gasteiger partial charge < -0.3 is 10.8 Å². The molecule has 110 valence electrons. The van der Waals surface area contributed by atoms with Crippen LogP contribution in [0.3, 0.4) is 0 Å². The molecule has 0 saturated carbocycles. The fraction of sp³-hybridized carbons (Fsp3) is 0.333. The van der Waals surface area contributed by atoms with Gasteiger partial charge in [-0.1, -0.05) is 30.3 Å². The third kappa shape index (κ3) is 3.17. The minimum absolute atomic E-state index is 0.115. The minimum atomic E-state index is -2.57. The Hall–Kier alpha value is -1.45. The van der Waals surface area contributed by atoms with E-state index in [1.165, 1.54) is 0 Å². The Bertz CT molecular complexity index is 482. The number of benzene rings is 1. The lowest BCUT2D eigenvalue weighted by atomic mass is 9.84. The molecule has 1 aromatic rings. The number of hydroxylamine groups is 2. The molecular weight excluding hydrogens is 284 g/mol. The van der Waals surface area contributed by atoms with Crippen molar-refractivity contribution < 1.29 is 25.1 Å². The summed E-state index contributed by atoms with van der Waals surface area (Å²) in [6, 6.07) is 6.90. The van der Waals surface area contributed by atoms with Crippen LogP contribution in [0, 0.1) is 0 Å². The number of hydrogen-bond acceptors (Lipinski definition) is 7. The first-order valence-electron chi connectivity index (χ1n) is 5.72. The average molecular weight is 300 g/mol. The van der Waals surface area contributed by atoms with Crippen LogP contribution in [0.25, 0.3) is 0 Å². The summed E-state index contributed by atoms with van der Waals surface area (Å²) in [7, 11) is 0. The maximum Gasteiger partial charge on any atom is 0.337 e. The molecule has 1 rings (SSSR count). The third-order valence-electron chi connectivity index (χ3n) is 2.94. The summed E-state index contributed by atoms with van der Waals surface area (Å²) in [6.45, 7) is 0. The summed E-state index contributed by atoms with van der Waals surface area (Å²) in [5, 5.41) is 27.3. The molecule has 0 aliphatic carbocycles. The van der Waals surface area contributed by atoms with Crippen LogP contribution in [0.4, 0.5) is 0 Å². The number of hydrogen-bond donors (Lipinski definition) is 5. The van der Waals surface area contributed by atoms with Crippen molar-refractivity contribution in [3.05, 3.63) is 35.9 Å². The van der Waals surface area contributed by atoms with Gasteiger partial charge in [-0.3, -0.25) is 15.2 Å². The molecule has 0 bridgehead atoms. The number of rotatable bonds is 7. The van der Waals surface area contributed by atoms with Gasteiger partial charge in [0, 0.05) is 12.2 Å². The van der Waals surface area contributed by atoms with Crippen molar-refractivity contribution in [3.8, 4) is 0 Å². The lowest BCUT2D eigenvalue weighted by molar-refractivity contribution is -0.347. The van der Waals surface area contributed by atoms with E-state index < -0.39 is 35.0 Å². The molecule has 0 saturated heterocycles. The van der Waals surface area contributed by atoms with E-state index >= 15 is 0 Å². The highest BCUT2D eigenvalue weighted by atomic mass is 32.1. The van der Waals surface area contributed by atoms with Gasteiger partial charge in [0.15, 0.2) is 5.78 Å². The fourth-order valence-electron chi connectivity index (χ4n) is 1.80. The van der Waals surface area contributed by atoms with Gasteiger partial charge in [0.1, 0.15) is 0 Å². The summed E-state index contributed by atoms with van der Waals surface area (Å²) in [6.07, 6.45) is -0.434. The molecule has 0 fully saturated rings. The largest absolute Gasteiger partial charge is 0.479 e. The van der Waals surface area contributed by atoms with Crippen molar-refractivity contribution in [3.63, 3.8) is 0 Å². The maximum atomic E-state index is 12.2. The summed E-state index contributed by atoms with van der Waals surface area (Å²) in [5.74, 6) is -2.85. The molecule has 0 heterocycles. The van der Waals surface area contributed by atoms with Gasteiger partial charge in [-0.25, -0.2) is 4.79 Å². The van der Waals surface area contributed by atoms with E-state index in [4.69, 9.17) is 5.73 Å². The van der Waals surface area contributed by atoms with Gasteiger partial charge in [0.05, 0.1) is 6.04 Å². The van der Waals surface area contributed by atoms with E-state index in [0.29, 0.717) is 5.56 Å². The second-order valence-electron chi connectivity index (χ2n) is 4.27. The van der Waals surface area contributed by atoms with Crippen LogP contribution in [-0.2, 0) is 16.0 Å². The predicted octanol–water partition coefficient (Wildman–Crippen LogP) is -0.0409. The first-order valence-corrected chi connectivity index (χ1v) is 6.35. The van der Waals surface area contributed by atoms with Crippen molar-refractivity contribution in [2.24, 2.45) is 5.73 Å². The number of aliphatic carboxylic acids is 1. The summed E-state index contributed by atoms with van der Waals surface area (Å²) < 4.78 is 0. The van der Waals surface area contributed by atoms with Crippen LogP contribution in [0.2, 0.25) is 0 Å². The molecule has 20 heavy (non-hydrogen) atoms. The van der Waals surface area contributed by atoms with Crippen LogP contribution in [0.5, 0.6) is 0 Å². The monoisotopic (exact) mass is 300 g/mol. The van der Waals surface area contributed by atoms with Crippen LogP contribution < -0.4 is 5.73 Å². The molecule has 8 heteroatoms. The first kappa shape index (κ1) is 16.6. The van der Waals surface area contributed by atoms with E-state index in [-0.39, 0.29) is 5.75 Å². The van der Waals surface area contributed by atoms with Crippen molar-refractivity contribution in [2.75, 3.05) is 5.75 Å². The van der Waals surface area contributed by atoms with Gasteiger partial charge >= 0.3 is 5.97 Å². The zero-order chi connectivity index (χ0) is 15.3. The van der Waals surface area contributed by atoms with Crippen molar-refractivity contribution in [2.45, 2.75) is 18.0 Å². The molecule has 0 aromatic heterocycles. The van der Waals surface area contributed by atoms with Crippen LogP contribution >= 0.6 is 12.6 Å². The molecule has 0 unspecified atom stereocenters. The van der Waals surface area contributed by atoms with Crippen molar-refractivity contribution in [1.29, 1.82) is 0 Å². The molecule has 1 aromatic carbocycles. The van der Waals surface area contributed by atoms with E-state index in [0.717, 1.165) is 0 Å². The third-order valence-corrected chi connectivity index (χ3v) is 3.33. The minimum Gasteiger partial charge on any atom is -0.479 e. The van der Waals surface area contributed by atoms with Gasteiger partial charge in [0.2, 0.25) is 5.54 Å². The van der Waals surface area contributed by atoms with E-state index in [1.807, 2.05) is 0 Å². The Morgan fingerprint density at radius 1 is 1.30 bits per heavy atom. The number of carbonyl (C=O) groups is 2. The highest BCUT2D eigenvalue weighted by Crippen LogP contribution is 2.22. The molecule has 0 spiro atoms. The highest BCUT2D eigenvalue weighted by Gasteiger charge is 2.53. The standard InChI is InChI=1S/C12H16N2O5S/c13-9(7-20)10(15)12(11(16)17,14(18)19)6-8-4-2-1-3-5-8/h1-5,9,18-20H,6-7,13H2,(H,16,17)/t9-,12+/m0/s1. The van der Waals surface area contributed by atoms with Gasteiger partial charge in [-0.15, -0.1) is 0 Å². The quantitative estimate of drug-likeness (QED) is 0.272. The van der Waals surface area contributed by atoms with E-state index in [9.17, 15) is 25.1 Å². The van der Waals surface area contributed by atoms with Gasteiger partial charge in [-0.05, 0) is 10.8 Å². The predicted molar refractivity (Wildman–Crippen MR) is 72.8 cm³/mol. The molecule has 0 radical (unpaired) electrons. The Kier molecular flexibility index (Phi) is 5.66. The maximum absolute atomic E-state index is 12.2. The number of carboxylic acid groups (broad SMARTS) is 1. The normalized spacial score (nSPS) is 15.7. The molecular formula is C12H16N2O5S. The number of nitrogens with two attached hydrogens (primary N) is 1. The van der Waals surface area contributed by atoms with Crippen molar-refractivity contribution in [1.82, 2.24) is 5.23 Å². The van der Waals surface area contributed by atoms with Gasteiger partial charge in [0.25, 0.3) is 0 Å². The zero-order valence-corrected chi connectivity index (χ0v) is 11.4. The molecule has 2 atom stereocenters. The Morgan fingerprint density at radius 3 is 2.25 bits per heavy atom. The van der Waals surface area contributed by atoms with Gasteiger partial charge in [-0.2, -0.15) is 12.6 Å². The first-order chi connectivity index (χ1) is 9.36. The van der Waals surface area contributed by atoms with Crippen LogP contribution in [-0.4, -0.2) is 49.8 Å². The highest BCUT2D eigenvalue weighted by molar-refractivity contribution is 7.80. The second kappa shape index (κ2) is 6.82. The number of carbonyl (C=O) groups excluding carboxylic acids is 1. The smallest absolute Gasteiger partial charge is 0.337 e. The SMILES string of the molecule is N[C@@H](CS)C(=O)[C@](Cc1ccccc1)(C(=O)O)N(O)O. The summed E-state index contributed by atoms with van der Waals surface area (Å²) in [5.41, 5.74) is 3.37. The molecule has 0 amide bonds. The Balaban J connectivity index is 3.26. The van der Waals surface area contributed by atoms with Crippen LogP contribution in [0.15, 0.2) is 30.3 Å². The Labute approximate surface area is 120 Å². The summed E-state index contributed by atoms with van der Waals surface area (Å²) >= 11 is 3.83. The molecule has 0 aliphatic rings. The lowest BCUT2D eigenvalue weighted by Crippen LogP contribution is -2.64.